The van der Waals surface area contributed by atoms with E-state index in [1.807, 2.05) is 28.8 Å². The number of halogens is 2. The number of aromatic nitrogens is 3. The van der Waals surface area contributed by atoms with Gasteiger partial charge >= 0.3 is 0 Å². The molecule has 0 fully saturated rings. The van der Waals surface area contributed by atoms with Crippen molar-refractivity contribution in [2.45, 2.75) is 5.16 Å². The molecule has 0 aliphatic carbocycles. The Kier molecular flexibility index (Phi) is 8.48. The number of hydrazone groups is 1. The predicted octanol–water partition coefficient (Wildman–Crippen LogP) is 5.50. The average Bonchev–Trinajstić information content (AvgIpc) is 3.32. The minimum Gasteiger partial charge on any atom is -0.497 e. The van der Waals surface area contributed by atoms with E-state index in [1.165, 1.54) is 18.0 Å². The van der Waals surface area contributed by atoms with Gasteiger partial charge in [-0.2, -0.15) is 5.10 Å². The van der Waals surface area contributed by atoms with Crippen molar-refractivity contribution in [1.82, 2.24) is 20.2 Å². The van der Waals surface area contributed by atoms with Gasteiger partial charge in [0.1, 0.15) is 11.5 Å². The van der Waals surface area contributed by atoms with Gasteiger partial charge in [-0.3, -0.25) is 9.36 Å². The summed E-state index contributed by atoms with van der Waals surface area (Å²) in [5, 5.41) is 14.5. The van der Waals surface area contributed by atoms with Crippen LogP contribution in [0.15, 0.2) is 77.0 Å². The molecule has 1 aromatic heterocycles. The van der Waals surface area contributed by atoms with Crippen LogP contribution >= 0.6 is 35.0 Å². The number of ether oxygens (including phenoxy) is 2. The number of hydrogen-bond acceptors (Lipinski definition) is 7. The van der Waals surface area contributed by atoms with Crippen molar-refractivity contribution in [3.63, 3.8) is 0 Å². The van der Waals surface area contributed by atoms with Gasteiger partial charge in [0.25, 0.3) is 5.91 Å². The molecule has 1 N–H and O–H groups in total. The summed E-state index contributed by atoms with van der Waals surface area (Å²) in [6, 6.07) is 19.9. The van der Waals surface area contributed by atoms with Crippen molar-refractivity contribution in [2.75, 3.05) is 20.0 Å². The summed E-state index contributed by atoms with van der Waals surface area (Å²) in [4.78, 5) is 12.5. The maximum absolute atomic E-state index is 12.5. The molecule has 36 heavy (non-hydrogen) atoms. The maximum atomic E-state index is 12.5. The molecule has 184 valence electrons. The highest BCUT2D eigenvalue weighted by Gasteiger charge is 2.17. The minimum absolute atomic E-state index is 0.0684. The Labute approximate surface area is 222 Å². The average molecular weight is 542 g/mol. The number of carbonyl (C=O) groups excluding carboxylic acids is 1. The summed E-state index contributed by atoms with van der Waals surface area (Å²) >= 11 is 13.4. The topological polar surface area (TPSA) is 90.6 Å². The third kappa shape index (κ3) is 6.17. The normalized spacial score (nSPS) is 11.0. The molecule has 0 saturated carbocycles. The predicted molar refractivity (Wildman–Crippen MR) is 143 cm³/mol. The second kappa shape index (κ2) is 11.9. The standard InChI is InChI=1S/C25H21Cl2N5O3S/c1-34-21-11-12-22(35-2)17(13-21)14-28-29-23(33)15-36-25-31-30-24(16-3-5-18(26)6-4-16)32(25)20-9-7-19(27)8-10-20/h3-14H,15H2,1-2H3,(H,29,33)/b28-14+. The first-order chi connectivity index (χ1) is 17.5. The summed E-state index contributed by atoms with van der Waals surface area (Å²) in [7, 11) is 3.13. The highest BCUT2D eigenvalue weighted by molar-refractivity contribution is 7.99. The lowest BCUT2D eigenvalue weighted by atomic mass is 10.2. The Balaban J connectivity index is 1.50. The zero-order chi connectivity index (χ0) is 25.5. The van der Waals surface area contributed by atoms with Gasteiger partial charge in [0.2, 0.25) is 0 Å². The molecule has 4 aromatic rings. The van der Waals surface area contributed by atoms with Crippen molar-refractivity contribution >= 4 is 47.1 Å². The first-order valence-corrected chi connectivity index (χ1v) is 12.4. The van der Waals surface area contributed by atoms with Crippen LogP contribution in [0, 0.1) is 0 Å². The highest BCUT2D eigenvalue weighted by atomic mass is 35.5. The van der Waals surface area contributed by atoms with E-state index in [2.05, 4.69) is 20.7 Å². The van der Waals surface area contributed by atoms with Crippen molar-refractivity contribution in [2.24, 2.45) is 5.10 Å². The van der Waals surface area contributed by atoms with Gasteiger partial charge in [-0.15, -0.1) is 10.2 Å². The maximum Gasteiger partial charge on any atom is 0.250 e. The molecule has 8 nitrogen and oxygen atoms in total. The molecule has 0 bridgehead atoms. The van der Waals surface area contributed by atoms with Gasteiger partial charge in [-0.25, -0.2) is 5.43 Å². The summed E-state index contributed by atoms with van der Waals surface area (Å²) in [5.74, 6) is 1.63. The SMILES string of the molecule is COc1ccc(OC)c(/C=N/NC(=O)CSc2nnc(-c3ccc(Cl)cc3)n2-c2ccc(Cl)cc2)c1. The first-order valence-electron chi connectivity index (χ1n) is 10.6. The number of thioether (sulfide) groups is 1. The number of rotatable bonds is 9. The molecular formula is C25H21Cl2N5O3S. The Morgan fingerprint density at radius 1 is 1.00 bits per heavy atom. The van der Waals surface area contributed by atoms with Crippen LogP contribution in [0.3, 0.4) is 0 Å². The van der Waals surface area contributed by atoms with Gasteiger partial charge in [0.05, 0.1) is 26.2 Å². The quantitative estimate of drug-likeness (QED) is 0.171. The fraction of sp³-hybridized carbons (Fsp3) is 0.120. The van der Waals surface area contributed by atoms with Crippen LogP contribution in [-0.4, -0.2) is 46.9 Å². The smallest absolute Gasteiger partial charge is 0.250 e. The van der Waals surface area contributed by atoms with Crippen molar-refractivity contribution < 1.29 is 14.3 Å². The Morgan fingerprint density at radius 2 is 1.69 bits per heavy atom. The fourth-order valence-electron chi connectivity index (χ4n) is 3.25. The molecule has 0 spiro atoms. The molecule has 0 unspecified atom stereocenters. The fourth-order valence-corrected chi connectivity index (χ4v) is 4.25. The number of benzene rings is 3. The number of nitrogens with zero attached hydrogens (tertiary/aromatic N) is 4. The monoisotopic (exact) mass is 541 g/mol. The Hall–Kier alpha value is -3.53. The van der Waals surface area contributed by atoms with Crippen LogP contribution in [0.2, 0.25) is 10.0 Å². The van der Waals surface area contributed by atoms with E-state index in [9.17, 15) is 4.79 Å². The molecule has 0 radical (unpaired) electrons. The molecule has 0 aliphatic heterocycles. The molecule has 3 aromatic carbocycles. The zero-order valence-electron chi connectivity index (χ0n) is 19.3. The largest absolute Gasteiger partial charge is 0.497 e. The van der Waals surface area contributed by atoms with E-state index in [-0.39, 0.29) is 11.7 Å². The highest BCUT2D eigenvalue weighted by Crippen LogP contribution is 2.29. The molecular weight excluding hydrogens is 521 g/mol. The number of carbonyl (C=O) groups is 1. The Bertz CT molecular complexity index is 1380. The van der Waals surface area contributed by atoms with Gasteiger partial charge in [-0.05, 0) is 66.7 Å². The van der Waals surface area contributed by atoms with Crippen molar-refractivity contribution in [1.29, 1.82) is 0 Å². The van der Waals surface area contributed by atoms with E-state index in [0.717, 1.165) is 11.3 Å². The number of methoxy groups -OCH3 is 2. The first kappa shape index (κ1) is 25.6. The van der Waals surface area contributed by atoms with E-state index in [4.69, 9.17) is 32.7 Å². The summed E-state index contributed by atoms with van der Waals surface area (Å²) < 4.78 is 12.4. The Morgan fingerprint density at radius 3 is 2.36 bits per heavy atom. The van der Waals surface area contributed by atoms with E-state index in [1.54, 1.807) is 56.7 Å². The number of nitrogens with one attached hydrogen (secondary N) is 1. The molecule has 11 heteroatoms. The molecule has 0 saturated heterocycles. The van der Waals surface area contributed by atoms with Crippen LogP contribution in [0.1, 0.15) is 5.56 Å². The van der Waals surface area contributed by atoms with Gasteiger partial charge in [-0.1, -0.05) is 35.0 Å². The van der Waals surface area contributed by atoms with Crippen LogP contribution in [0.25, 0.3) is 17.1 Å². The molecule has 1 amide bonds. The van der Waals surface area contributed by atoms with Crippen LogP contribution in [0.4, 0.5) is 0 Å². The summed E-state index contributed by atoms with van der Waals surface area (Å²) in [5.41, 5.74) is 4.83. The number of hydrogen-bond donors (Lipinski definition) is 1. The molecule has 4 rings (SSSR count). The third-order valence-electron chi connectivity index (χ3n) is 4.98. The van der Waals surface area contributed by atoms with Crippen molar-refractivity contribution in [3.05, 3.63) is 82.3 Å². The van der Waals surface area contributed by atoms with Crippen LogP contribution in [-0.2, 0) is 4.79 Å². The number of amides is 1. The lowest BCUT2D eigenvalue weighted by Crippen LogP contribution is -2.20. The van der Waals surface area contributed by atoms with E-state index >= 15 is 0 Å². The zero-order valence-corrected chi connectivity index (χ0v) is 21.6. The van der Waals surface area contributed by atoms with Crippen LogP contribution in [0.5, 0.6) is 11.5 Å². The minimum atomic E-state index is -0.309. The molecule has 1 heterocycles. The third-order valence-corrected chi connectivity index (χ3v) is 6.42. The van der Waals surface area contributed by atoms with E-state index in [0.29, 0.717) is 38.1 Å². The molecule has 0 aliphatic rings. The second-order valence-corrected chi connectivity index (χ2v) is 9.13. The van der Waals surface area contributed by atoms with Gasteiger partial charge < -0.3 is 9.47 Å². The van der Waals surface area contributed by atoms with E-state index < -0.39 is 0 Å². The summed E-state index contributed by atoms with van der Waals surface area (Å²) in [6.45, 7) is 0. The van der Waals surface area contributed by atoms with Crippen molar-refractivity contribution in [3.8, 4) is 28.6 Å². The second-order valence-electron chi connectivity index (χ2n) is 7.31. The summed E-state index contributed by atoms with van der Waals surface area (Å²) in [6.07, 6.45) is 1.50. The molecule has 0 atom stereocenters. The lowest BCUT2D eigenvalue weighted by Gasteiger charge is -2.10. The van der Waals surface area contributed by atoms with Gasteiger partial charge in [0, 0.05) is 26.9 Å². The van der Waals surface area contributed by atoms with Crippen LogP contribution < -0.4 is 14.9 Å². The lowest BCUT2D eigenvalue weighted by molar-refractivity contribution is -0.118. The van der Waals surface area contributed by atoms with Gasteiger partial charge in [0.15, 0.2) is 11.0 Å².